The topological polar surface area (TPSA) is 45.8 Å². The van der Waals surface area contributed by atoms with E-state index in [0.717, 1.165) is 17.3 Å². The summed E-state index contributed by atoms with van der Waals surface area (Å²) in [5.41, 5.74) is 1.02. The summed E-state index contributed by atoms with van der Waals surface area (Å²) < 4.78 is 0. The van der Waals surface area contributed by atoms with Crippen molar-refractivity contribution in [2.75, 3.05) is 5.75 Å². The van der Waals surface area contributed by atoms with Crippen molar-refractivity contribution in [2.24, 2.45) is 0 Å². The van der Waals surface area contributed by atoms with Gasteiger partial charge >= 0.3 is 0 Å². The zero-order valence-corrected chi connectivity index (χ0v) is 12.3. The van der Waals surface area contributed by atoms with Crippen LogP contribution in [0.15, 0.2) is 10.9 Å². The number of aromatic nitrogens is 2. The van der Waals surface area contributed by atoms with Crippen LogP contribution < -0.4 is 5.56 Å². The normalized spacial score (nSPS) is 32.4. The second-order valence-electron chi connectivity index (χ2n) is 5.20. The van der Waals surface area contributed by atoms with Gasteiger partial charge in [-0.3, -0.25) is 4.79 Å². The number of thioether (sulfide) groups is 2. The lowest BCUT2D eigenvalue weighted by Gasteiger charge is -2.30. The molecular formula is C13H18N2OS2. The van der Waals surface area contributed by atoms with E-state index in [1.54, 1.807) is 6.07 Å². The molecule has 2 heterocycles. The Bertz CT molecular complexity index is 498. The van der Waals surface area contributed by atoms with Crippen molar-refractivity contribution in [1.29, 1.82) is 0 Å². The minimum absolute atomic E-state index is 0.0128. The molecule has 1 N–H and O–H groups in total. The van der Waals surface area contributed by atoms with Gasteiger partial charge in [0, 0.05) is 28.2 Å². The molecule has 1 aliphatic carbocycles. The Hall–Kier alpha value is -0.420. The molecule has 0 bridgehead atoms. The summed E-state index contributed by atoms with van der Waals surface area (Å²) >= 11 is 3.93. The molecular weight excluding hydrogens is 264 g/mol. The van der Waals surface area contributed by atoms with Crippen LogP contribution in [0.3, 0.4) is 0 Å². The number of aromatic amines is 1. The quantitative estimate of drug-likeness (QED) is 0.906. The summed E-state index contributed by atoms with van der Waals surface area (Å²) in [5, 5.41) is 1.64. The molecule has 0 aromatic carbocycles. The fraction of sp³-hybridized carbons (Fsp3) is 0.692. The number of nitrogens with one attached hydrogen (secondary N) is 1. The van der Waals surface area contributed by atoms with E-state index in [1.165, 1.54) is 12.8 Å². The number of hydrogen-bond acceptors (Lipinski definition) is 4. The Morgan fingerprint density at radius 1 is 1.33 bits per heavy atom. The van der Waals surface area contributed by atoms with Gasteiger partial charge in [-0.2, -0.15) is 11.8 Å². The van der Waals surface area contributed by atoms with Gasteiger partial charge in [0.05, 0.1) is 10.9 Å². The molecule has 2 fully saturated rings. The summed E-state index contributed by atoms with van der Waals surface area (Å²) in [6.07, 6.45) is 2.38. The lowest BCUT2D eigenvalue weighted by Crippen LogP contribution is -2.24. The summed E-state index contributed by atoms with van der Waals surface area (Å²) in [5.74, 6) is 2.48. The van der Waals surface area contributed by atoms with Crippen LogP contribution in [-0.2, 0) is 0 Å². The van der Waals surface area contributed by atoms with Gasteiger partial charge in [0.2, 0.25) is 0 Å². The van der Waals surface area contributed by atoms with Gasteiger partial charge in [0.15, 0.2) is 0 Å². The van der Waals surface area contributed by atoms with Crippen molar-refractivity contribution in [3.05, 3.63) is 27.9 Å². The highest BCUT2D eigenvalue weighted by Crippen LogP contribution is 2.44. The van der Waals surface area contributed by atoms with E-state index in [4.69, 9.17) is 0 Å². The largest absolute Gasteiger partial charge is 0.310 e. The molecule has 1 saturated heterocycles. The van der Waals surface area contributed by atoms with Gasteiger partial charge in [0.25, 0.3) is 5.56 Å². The van der Waals surface area contributed by atoms with Crippen LogP contribution in [0.1, 0.15) is 49.4 Å². The fourth-order valence-corrected chi connectivity index (χ4v) is 5.03. The second kappa shape index (κ2) is 4.93. The van der Waals surface area contributed by atoms with Crippen molar-refractivity contribution in [2.45, 2.75) is 48.4 Å². The van der Waals surface area contributed by atoms with Crippen molar-refractivity contribution in [3.63, 3.8) is 0 Å². The van der Waals surface area contributed by atoms with Gasteiger partial charge in [-0.05, 0) is 12.8 Å². The van der Waals surface area contributed by atoms with Gasteiger partial charge in [-0.1, -0.05) is 13.8 Å². The average Bonchev–Trinajstić information content (AvgIpc) is 3.16. The third-order valence-electron chi connectivity index (χ3n) is 3.63. The predicted octanol–water partition coefficient (Wildman–Crippen LogP) is 2.95. The SMILES string of the molecule is CC1SCC(c2nc(C3CC3)cc(=O)[nH]2)SC1C. The predicted molar refractivity (Wildman–Crippen MR) is 78.5 cm³/mol. The fourth-order valence-electron chi connectivity index (χ4n) is 2.16. The molecule has 3 nitrogen and oxygen atoms in total. The first kappa shape index (κ1) is 12.6. The lowest BCUT2D eigenvalue weighted by molar-refractivity contribution is 0.829. The number of H-pyrrole nitrogens is 1. The van der Waals surface area contributed by atoms with E-state index in [1.807, 2.05) is 23.5 Å². The van der Waals surface area contributed by atoms with E-state index >= 15 is 0 Å². The highest BCUT2D eigenvalue weighted by molar-refractivity contribution is 8.07. The van der Waals surface area contributed by atoms with Crippen molar-refractivity contribution < 1.29 is 0 Å². The molecule has 1 aliphatic heterocycles. The molecule has 3 unspecified atom stereocenters. The van der Waals surface area contributed by atoms with Crippen LogP contribution in [0.2, 0.25) is 0 Å². The lowest BCUT2D eigenvalue weighted by atomic mass is 10.2. The van der Waals surface area contributed by atoms with Crippen LogP contribution in [0.4, 0.5) is 0 Å². The summed E-state index contributed by atoms with van der Waals surface area (Å²) in [4.78, 5) is 19.3. The molecule has 0 spiro atoms. The monoisotopic (exact) mass is 282 g/mol. The smallest absolute Gasteiger partial charge is 0.251 e. The first-order chi connectivity index (χ1) is 8.63. The second-order valence-corrected chi connectivity index (χ2v) is 8.19. The van der Waals surface area contributed by atoms with Gasteiger partial charge in [0.1, 0.15) is 5.82 Å². The zero-order valence-electron chi connectivity index (χ0n) is 10.7. The Labute approximate surface area is 116 Å². The Balaban J connectivity index is 1.85. The maximum atomic E-state index is 11.7. The minimum Gasteiger partial charge on any atom is -0.310 e. The molecule has 0 amide bonds. The molecule has 18 heavy (non-hydrogen) atoms. The van der Waals surface area contributed by atoms with Gasteiger partial charge in [-0.15, -0.1) is 11.8 Å². The maximum Gasteiger partial charge on any atom is 0.251 e. The third-order valence-corrected chi connectivity index (χ3v) is 7.03. The van der Waals surface area contributed by atoms with Crippen molar-refractivity contribution >= 4 is 23.5 Å². The minimum atomic E-state index is 0.0128. The number of nitrogens with zero attached hydrogens (tertiary/aromatic N) is 1. The molecule has 5 heteroatoms. The van der Waals surface area contributed by atoms with Crippen LogP contribution >= 0.6 is 23.5 Å². The molecule has 0 radical (unpaired) electrons. The Morgan fingerprint density at radius 3 is 2.78 bits per heavy atom. The first-order valence-electron chi connectivity index (χ1n) is 6.51. The summed E-state index contributed by atoms with van der Waals surface area (Å²) in [6, 6.07) is 1.67. The standard InChI is InChI=1S/C13H18N2OS2/c1-7-8(2)18-11(6-17-7)13-14-10(9-3-4-9)5-12(16)15-13/h5,7-9,11H,3-4,6H2,1-2H3,(H,14,15,16). The zero-order chi connectivity index (χ0) is 12.7. The van der Waals surface area contributed by atoms with Crippen molar-refractivity contribution in [1.82, 2.24) is 9.97 Å². The van der Waals surface area contributed by atoms with Gasteiger partial charge in [-0.25, -0.2) is 4.98 Å². The van der Waals surface area contributed by atoms with Crippen molar-refractivity contribution in [3.8, 4) is 0 Å². The average molecular weight is 282 g/mol. The van der Waals surface area contributed by atoms with Crippen LogP contribution in [0.5, 0.6) is 0 Å². The van der Waals surface area contributed by atoms with E-state index < -0.39 is 0 Å². The highest BCUT2D eigenvalue weighted by Gasteiger charge is 2.30. The van der Waals surface area contributed by atoms with E-state index in [9.17, 15) is 4.79 Å². The van der Waals surface area contributed by atoms with Crippen LogP contribution in [0.25, 0.3) is 0 Å². The van der Waals surface area contributed by atoms with Crippen LogP contribution in [0, 0.1) is 0 Å². The highest BCUT2D eigenvalue weighted by atomic mass is 32.2. The number of rotatable bonds is 2. The Morgan fingerprint density at radius 2 is 2.11 bits per heavy atom. The maximum absolute atomic E-state index is 11.7. The summed E-state index contributed by atoms with van der Waals surface area (Å²) in [7, 11) is 0. The van der Waals surface area contributed by atoms with E-state index in [0.29, 0.717) is 21.7 Å². The third kappa shape index (κ3) is 2.62. The molecule has 3 rings (SSSR count). The van der Waals surface area contributed by atoms with E-state index in [2.05, 4.69) is 23.8 Å². The Kier molecular flexibility index (Phi) is 3.45. The molecule has 2 aliphatic rings. The van der Waals surface area contributed by atoms with E-state index in [-0.39, 0.29) is 5.56 Å². The van der Waals surface area contributed by atoms with Crippen LogP contribution in [-0.4, -0.2) is 26.2 Å². The molecule has 3 atom stereocenters. The molecule has 1 aromatic rings. The van der Waals surface area contributed by atoms with Gasteiger partial charge < -0.3 is 4.98 Å². The molecule has 98 valence electrons. The first-order valence-corrected chi connectivity index (χ1v) is 8.51. The molecule has 1 aromatic heterocycles. The summed E-state index contributed by atoms with van der Waals surface area (Å²) in [6.45, 7) is 4.53. The number of hydrogen-bond donors (Lipinski definition) is 1. The molecule has 1 saturated carbocycles.